The van der Waals surface area contributed by atoms with E-state index >= 15 is 0 Å². The molecule has 0 saturated heterocycles. The van der Waals surface area contributed by atoms with E-state index in [0.29, 0.717) is 0 Å². The number of nitro benzene ring substituents is 1. The lowest BCUT2D eigenvalue weighted by molar-refractivity contribution is -0.385. The fraction of sp³-hybridized carbons (Fsp3) is 0.400. The first-order valence-electron chi connectivity index (χ1n) is 5.00. The third-order valence-electron chi connectivity index (χ3n) is 2.10. The van der Waals surface area contributed by atoms with Crippen LogP contribution in [0.5, 0.6) is 0 Å². The van der Waals surface area contributed by atoms with Gasteiger partial charge in [0.05, 0.1) is 21.3 Å². The Kier molecular flexibility index (Phi) is 3.72. The second-order valence-corrected chi connectivity index (χ2v) is 6.16. The van der Waals surface area contributed by atoms with Crippen molar-refractivity contribution in [2.75, 3.05) is 11.5 Å². The van der Waals surface area contributed by atoms with Crippen LogP contribution in [0.25, 0.3) is 0 Å². The topological polar surface area (TPSA) is 103 Å². The molecule has 0 amide bonds. The SMILES string of the molecule is CC(C)CS(=O)(=O)c1cc([N+](=O)[O-])ccc1N. The van der Waals surface area contributed by atoms with Gasteiger partial charge in [0.2, 0.25) is 0 Å². The van der Waals surface area contributed by atoms with Crippen LogP contribution in [0.2, 0.25) is 0 Å². The lowest BCUT2D eigenvalue weighted by atomic mass is 10.3. The minimum absolute atomic E-state index is 0.0382. The number of nitro groups is 1. The average Bonchev–Trinajstić information content (AvgIpc) is 2.15. The summed E-state index contributed by atoms with van der Waals surface area (Å²) in [6.07, 6.45) is 0. The fourth-order valence-corrected chi connectivity index (χ4v) is 3.22. The molecule has 0 aliphatic carbocycles. The Bertz CT molecular complexity index is 537. The summed E-state index contributed by atoms with van der Waals surface area (Å²) in [5, 5.41) is 10.6. The van der Waals surface area contributed by atoms with Crippen molar-refractivity contribution in [1.82, 2.24) is 0 Å². The zero-order valence-corrected chi connectivity index (χ0v) is 10.4. The van der Waals surface area contributed by atoms with Gasteiger partial charge in [-0.1, -0.05) is 13.8 Å². The maximum absolute atomic E-state index is 11.9. The second-order valence-electron chi connectivity index (χ2n) is 4.15. The molecule has 0 fully saturated rings. The maximum atomic E-state index is 11.9. The molecule has 0 bridgehead atoms. The van der Waals surface area contributed by atoms with Crippen LogP contribution in [0.4, 0.5) is 11.4 Å². The summed E-state index contributed by atoms with van der Waals surface area (Å²) >= 11 is 0. The van der Waals surface area contributed by atoms with Gasteiger partial charge in [0.25, 0.3) is 5.69 Å². The molecule has 0 aliphatic heterocycles. The van der Waals surface area contributed by atoms with Crippen molar-refractivity contribution in [3.05, 3.63) is 28.3 Å². The van der Waals surface area contributed by atoms with Gasteiger partial charge in [-0.3, -0.25) is 10.1 Å². The number of benzene rings is 1. The van der Waals surface area contributed by atoms with Crippen molar-refractivity contribution >= 4 is 21.2 Å². The predicted molar refractivity (Wildman–Crippen MR) is 64.4 cm³/mol. The van der Waals surface area contributed by atoms with Crippen LogP contribution in [0, 0.1) is 16.0 Å². The summed E-state index contributed by atoms with van der Waals surface area (Å²) < 4.78 is 23.9. The Balaban J connectivity index is 3.30. The van der Waals surface area contributed by atoms with Crippen LogP contribution in [0.1, 0.15) is 13.8 Å². The van der Waals surface area contributed by atoms with E-state index in [1.54, 1.807) is 13.8 Å². The van der Waals surface area contributed by atoms with E-state index in [1.165, 1.54) is 12.1 Å². The van der Waals surface area contributed by atoms with Gasteiger partial charge in [-0.15, -0.1) is 0 Å². The monoisotopic (exact) mass is 258 g/mol. The van der Waals surface area contributed by atoms with Gasteiger partial charge in [0.15, 0.2) is 9.84 Å². The standard InChI is InChI=1S/C10H14N2O4S/c1-7(2)6-17(15,16)10-5-8(12(13)14)3-4-9(10)11/h3-5,7H,6,11H2,1-2H3. The smallest absolute Gasteiger partial charge is 0.270 e. The molecule has 0 radical (unpaired) electrons. The number of non-ortho nitro benzene ring substituents is 1. The maximum Gasteiger partial charge on any atom is 0.270 e. The zero-order valence-electron chi connectivity index (χ0n) is 9.58. The molecule has 2 N–H and O–H groups in total. The van der Waals surface area contributed by atoms with Crippen LogP contribution in [-0.4, -0.2) is 19.1 Å². The molecule has 0 heterocycles. The molecule has 1 aromatic rings. The first-order chi connectivity index (χ1) is 7.74. The van der Waals surface area contributed by atoms with Gasteiger partial charge < -0.3 is 5.73 Å². The van der Waals surface area contributed by atoms with E-state index in [1.807, 2.05) is 0 Å². The van der Waals surface area contributed by atoms with E-state index in [4.69, 9.17) is 5.73 Å². The Labute approximate surface area is 99.5 Å². The largest absolute Gasteiger partial charge is 0.398 e. The van der Waals surface area contributed by atoms with Crippen molar-refractivity contribution < 1.29 is 13.3 Å². The highest BCUT2D eigenvalue weighted by Gasteiger charge is 2.22. The van der Waals surface area contributed by atoms with Gasteiger partial charge in [-0.2, -0.15) is 0 Å². The molecular weight excluding hydrogens is 244 g/mol. The summed E-state index contributed by atoms with van der Waals surface area (Å²) in [7, 11) is -3.58. The molecule has 7 heteroatoms. The predicted octanol–water partition coefficient (Wildman–Crippen LogP) is 1.61. The number of hydrogen-bond donors (Lipinski definition) is 1. The highest BCUT2D eigenvalue weighted by molar-refractivity contribution is 7.91. The zero-order chi connectivity index (χ0) is 13.2. The molecule has 0 aliphatic rings. The van der Waals surface area contributed by atoms with Gasteiger partial charge in [-0.25, -0.2) is 8.42 Å². The summed E-state index contributed by atoms with van der Waals surface area (Å²) in [6, 6.07) is 3.43. The summed E-state index contributed by atoms with van der Waals surface area (Å²) in [5.74, 6) is -0.156. The van der Waals surface area contributed by atoms with E-state index in [-0.39, 0.29) is 27.9 Å². The fourth-order valence-electron chi connectivity index (χ4n) is 1.43. The highest BCUT2D eigenvalue weighted by atomic mass is 32.2. The van der Waals surface area contributed by atoms with Crippen molar-refractivity contribution in [2.45, 2.75) is 18.7 Å². The van der Waals surface area contributed by atoms with Gasteiger partial charge in [-0.05, 0) is 12.0 Å². The molecule has 6 nitrogen and oxygen atoms in total. The molecule has 17 heavy (non-hydrogen) atoms. The van der Waals surface area contributed by atoms with Crippen LogP contribution in [0.15, 0.2) is 23.1 Å². The Morgan fingerprint density at radius 1 is 1.41 bits per heavy atom. The number of hydrogen-bond acceptors (Lipinski definition) is 5. The van der Waals surface area contributed by atoms with Gasteiger partial charge in [0, 0.05) is 12.1 Å². The van der Waals surface area contributed by atoms with Crippen LogP contribution >= 0.6 is 0 Å². The Hall–Kier alpha value is -1.63. The van der Waals surface area contributed by atoms with Crippen molar-refractivity contribution in [2.24, 2.45) is 5.92 Å². The number of nitrogens with two attached hydrogens (primary N) is 1. The lowest BCUT2D eigenvalue weighted by Crippen LogP contribution is -2.14. The number of nitrogens with zero attached hydrogens (tertiary/aromatic N) is 1. The summed E-state index contributed by atoms with van der Waals surface area (Å²) in [5.41, 5.74) is 5.31. The van der Waals surface area contributed by atoms with E-state index in [2.05, 4.69) is 0 Å². The minimum Gasteiger partial charge on any atom is -0.398 e. The number of sulfone groups is 1. The molecule has 94 valence electrons. The number of nitrogen functional groups attached to an aromatic ring is 1. The molecule has 1 aromatic carbocycles. The third kappa shape index (κ3) is 3.16. The van der Waals surface area contributed by atoms with E-state index < -0.39 is 14.8 Å². The molecular formula is C10H14N2O4S. The van der Waals surface area contributed by atoms with Crippen LogP contribution in [-0.2, 0) is 9.84 Å². The van der Waals surface area contributed by atoms with Crippen molar-refractivity contribution in [3.63, 3.8) is 0 Å². The third-order valence-corrected chi connectivity index (χ3v) is 4.22. The van der Waals surface area contributed by atoms with Crippen molar-refractivity contribution in [1.29, 1.82) is 0 Å². The number of rotatable bonds is 4. The summed E-state index contributed by atoms with van der Waals surface area (Å²) in [4.78, 5) is 9.77. The van der Waals surface area contributed by atoms with Crippen LogP contribution < -0.4 is 5.73 Å². The first-order valence-corrected chi connectivity index (χ1v) is 6.66. The van der Waals surface area contributed by atoms with E-state index in [0.717, 1.165) is 6.07 Å². The quantitative estimate of drug-likeness (QED) is 0.502. The highest BCUT2D eigenvalue weighted by Crippen LogP contribution is 2.25. The van der Waals surface area contributed by atoms with Crippen molar-refractivity contribution in [3.8, 4) is 0 Å². The minimum atomic E-state index is -3.58. The Morgan fingerprint density at radius 2 is 2.00 bits per heavy atom. The second kappa shape index (κ2) is 4.70. The molecule has 0 atom stereocenters. The average molecular weight is 258 g/mol. The normalized spacial score (nSPS) is 11.7. The molecule has 0 saturated carbocycles. The van der Waals surface area contributed by atoms with Gasteiger partial charge in [0.1, 0.15) is 0 Å². The lowest BCUT2D eigenvalue weighted by Gasteiger charge is -2.09. The van der Waals surface area contributed by atoms with E-state index in [9.17, 15) is 18.5 Å². The van der Waals surface area contributed by atoms with Crippen LogP contribution in [0.3, 0.4) is 0 Å². The molecule has 0 aromatic heterocycles. The number of anilines is 1. The molecule has 0 unspecified atom stereocenters. The molecule has 0 spiro atoms. The summed E-state index contributed by atoms with van der Waals surface area (Å²) in [6.45, 7) is 3.51. The van der Waals surface area contributed by atoms with Gasteiger partial charge >= 0.3 is 0 Å². The molecule has 1 rings (SSSR count). The Morgan fingerprint density at radius 3 is 2.47 bits per heavy atom. The first kappa shape index (κ1) is 13.4.